The number of nitrogens with zero attached hydrogens (tertiary/aromatic N) is 1. The van der Waals surface area contributed by atoms with Gasteiger partial charge >= 0.3 is 0 Å². The summed E-state index contributed by atoms with van der Waals surface area (Å²) in [6.45, 7) is 4.22. The van der Waals surface area contributed by atoms with E-state index in [4.69, 9.17) is 0 Å². The number of benzene rings is 2. The van der Waals surface area contributed by atoms with Crippen LogP contribution < -0.4 is 5.32 Å². The number of carbonyl (C=O) groups excluding carboxylic acids is 1. The molecule has 2 aromatic carbocycles. The molecule has 4 rings (SSSR count). The summed E-state index contributed by atoms with van der Waals surface area (Å²) in [5, 5.41) is 11.2. The Kier molecular flexibility index (Phi) is 3.18. The van der Waals surface area contributed by atoms with Gasteiger partial charge in [-0.1, -0.05) is 29.8 Å². The summed E-state index contributed by atoms with van der Waals surface area (Å²) < 4.78 is 0. The lowest BCUT2D eigenvalue weighted by Crippen LogP contribution is -2.13. The smallest absolute Gasteiger partial charge is 0.228 e. The zero-order valence-electron chi connectivity index (χ0n) is 13.3. The van der Waals surface area contributed by atoms with Gasteiger partial charge in [0.25, 0.3) is 0 Å². The predicted octanol–water partition coefficient (Wildman–Crippen LogP) is 4.20. The van der Waals surface area contributed by atoms with Crippen molar-refractivity contribution in [3.8, 4) is 11.1 Å². The summed E-state index contributed by atoms with van der Waals surface area (Å²) in [5.41, 5.74) is 5.81. The molecular weight excluding hydrogens is 286 g/mol. The van der Waals surface area contributed by atoms with Gasteiger partial charge in [0.05, 0.1) is 5.52 Å². The molecule has 0 saturated heterocycles. The van der Waals surface area contributed by atoms with Crippen molar-refractivity contribution in [3.63, 3.8) is 0 Å². The van der Waals surface area contributed by atoms with Gasteiger partial charge in [0.1, 0.15) is 0 Å². The van der Waals surface area contributed by atoms with Gasteiger partial charge in [-0.2, -0.15) is 5.10 Å². The molecule has 1 aliphatic rings. The summed E-state index contributed by atoms with van der Waals surface area (Å²) in [7, 11) is 0. The number of amides is 1. The topological polar surface area (TPSA) is 57.8 Å². The molecule has 0 bridgehead atoms. The predicted molar refractivity (Wildman–Crippen MR) is 92.4 cm³/mol. The van der Waals surface area contributed by atoms with Gasteiger partial charge in [0, 0.05) is 11.3 Å². The first-order valence-electron chi connectivity index (χ1n) is 7.98. The summed E-state index contributed by atoms with van der Waals surface area (Å²) in [6.07, 6.45) is 1.98. The molecule has 4 heteroatoms. The van der Waals surface area contributed by atoms with Crippen LogP contribution >= 0.6 is 0 Å². The van der Waals surface area contributed by atoms with E-state index in [0.29, 0.717) is 5.82 Å². The maximum atomic E-state index is 11.9. The Labute approximate surface area is 134 Å². The number of hydrogen-bond acceptors (Lipinski definition) is 2. The van der Waals surface area contributed by atoms with Crippen molar-refractivity contribution in [2.75, 3.05) is 5.32 Å². The van der Waals surface area contributed by atoms with Crippen molar-refractivity contribution >= 4 is 22.6 Å². The van der Waals surface area contributed by atoms with Crippen molar-refractivity contribution in [1.82, 2.24) is 10.2 Å². The van der Waals surface area contributed by atoms with E-state index in [1.807, 2.05) is 6.07 Å². The zero-order valence-corrected chi connectivity index (χ0v) is 13.3. The van der Waals surface area contributed by atoms with E-state index in [0.717, 1.165) is 29.3 Å². The number of hydrogen-bond donors (Lipinski definition) is 2. The third kappa shape index (κ3) is 2.61. The van der Waals surface area contributed by atoms with Gasteiger partial charge in [0.15, 0.2) is 5.82 Å². The average molecular weight is 305 g/mol. The first-order valence-corrected chi connectivity index (χ1v) is 7.98. The Bertz CT molecular complexity index is 906. The van der Waals surface area contributed by atoms with Crippen LogP contribution in [-0.4, -0.2) is 16.1 Å². The lowest BCUT2D eigenvalue weighted by Gasteiger charge is -2.08. The highest BCUT2D eigenvalue weighted by atomic mass is 16.2. The highest BCUT2D eigenvalue weighted by Gasteiger charge is 2.30. The van der Waals surface area contributed by atoms with Gasteiger partial charge in [-0.05, 0) is 55.5 Å². The number of aryl methyl sites for hydroxylation is 2. The summed E-state index contributed by atoms with van der Waals surface area (Å²) in [5.74, 6) is 0.886. The molecule has 3 aromatic rings. The SMILES string of the molecule is Cc1ccc(C)c(-c2ccc3c(NC(=O)C4CC4)n[nH]c3c2)c1. The fourth-order valence-electron chi connectivity index (χ4n) is 2.89. The fraction of sp³-hybridized carbons (Fsp3) is 0.263. The van der Waals surface area contributed by atoms with Crippen LogP contribution in [-0.2, 0) is 4.79 Å². The van der Waals surface area contributed by atoms with Crippen molar-refractivity contribution in [3.05, 3.63) is 47.5 Å². The first kappa shape index (κ1) is 14.0. The number of nitrogens with one attached hydrogen (secondary N) is 2. The van der Waals surface area contributed by atoms with E-state index in [2.05, 4.69) is 59.7 Å². The van der Waals surface area contributed by atoms with Crippen molar-refractivity contribution in [2.45, 2.75) is 26.7 Å². The Balaban J connectivity index is 1.71. The van der Waals surface area contributed by atoms with Gasteiger partial charge in [0.2, 0.25) is 5.91 Å². The molecule has 0 radical (unpaired) electrons. The van der Waals surface area contributed by atoms with E-state index in [1.54, 1.807) is 0 Å². The molecule has 1 saturated carbocycles. The van der Waals surface area contributed by atoms with Crippen LogP contribution in [0.4, 0.5) is 5.82 Å². The minimum Gasteiger partial charge on any atom is -0.308 e. The standard InChI is InChI=1S/C19H19N3O/c1-11-3-4-12(2)16(9-11)14-7-8-15-17(10-14)21-22-18(15)20-19(23)13-5-6-13/h3-4,7-10,13H,5-6H2,1-2H3,(H2,20,21,22,23). The summed E-state index contributed by atoms with van der Waals surface area (Å²) in [4.78, 5) is 11.9. The van der Waals surface area contributed by atoms with Crippen LogP contribution in [0.2, 0.25) is 0 Å². The third-order valence-electron chi connectivity index (χ3n) is 4.46. The lowest BCUT2D eigenvalue weighted by atomic mass is 9.98. The molecule has 23 heavy (non-hydrogen) atoms. The minimum absolute atomic E-state index is 0.0806. The van der Waals surface area contributed by atoms with E-state index < -0.39 is 0 Å². The van der Waals surface area contributed by atoms with Crippen LogP contribution in [0, 0.1) is 19.8 Å². The number of carbonyl (C=O) groups is 1. The zero-order chi connectivity index (χ0) is 16.0. The van der Waals surface area contributed by atoms with Crippen LogP contribution in [0.1, 0.15) is 24.0 Å². The summed E-state index contributed by atoms with van der Waals surface area (Å²) in [6, 6.07) is 12.7. The highest BCUT2D eigenvalue weighted by Crippen LogP contribution is 2.32. The molecular formula is C19H19N3O. The number of anilines is 1. The van der Waals surface area contributed by atoms with Gasteiger partial charge in [-0.15, -0.1) is 0 Å². The molecule has 0 spiro atoms. The van der Waals surface area contributed by atoms with Gasteiger partial charge in [-0.25, -0.2) is 0 Å². The molecule has 1 heterocycles. The van der Waals surface area contributed by atoms with Crippen LogP contribution in [0.5, 0.6) is 0 Å². The number of rotatable bonds is 3. The number of fused-ring (bicyclic) bond motifs is 1. The number of H-pyrrole nitrogens is 1. The second-order valence-electron chi connectivity index (χ2n) is 6.41. The monoisotopic (exact) mass is 305 g/mol. The largest absolute Gasteiger partial charge is 0.308 e. The maximum Gasteiger partial charge on any atom is 0.228 e. The van der Waals surface area contributed by atoms with E-state index in [9.17, 15) is 4.79 Å². The highest BCUT2D eigenvalue weighted by molar-refractivity contribution is 6.02. The molecule has 0 unspecified atom stereocenters. The molecule has 1 aromatic heterocycles. The maximum absolute atomic E-state index is 11.9. The summed E-state index contributed by atoms with van der Waals surface area (Å²) >= 11 is 0. The van der Waals surface area contributed by atoms with E-state index in [-0.39, 0.29) is 11.8 Å². The second kappa shape index (κ2) is 5.23. The van der Waals surface area contributed by atoms with Gasteiger partial charge < -0.3 is 5.32 Å². The number of aromatic nitrogens is 2. The van der Waals surface area contributed by atoms with E-state index >= 15 is 0 Å². The Morgan fingerprint density at radius 3 is 2.78 bits per heavy atom. The lowest BCUT2D eigenvalue weighted by molar-refractivity contribution is -0.117. The van der Waals surface area contributed by atoms with Crippen LogP contribution in [0.25, 0.3) is 22.0 Å². The third-order valence-corrected chi connectivity index (χ3v) is 4.46. The first-order chi connectivity index (χ1) is 11.1. The number of aromatic amines is 1. The molecule has 1 amide bonds. The normalized spacial score (nSPS) is 14.2. The molecule has 1 aliphatic carbocycles. The second-order valence-corrected chi connectivity index (χ2v) is 6.41. The van der Waals surface area contributed by atoms with Crippen molar-refractivity contribution in [1.29, 1.82) is 0 Å². The van der Waals surface area contributed by atoms with Crippen LogP contribution in [0.15, 0.2) is 36.4 Å². The molecule has 0 aliphatic heterocycles. The van der Waals surface area contributed by atoms with Crippen LogP contribution in [0.3, 0.4) is 0 Å². The fourth-order valence-corrected chi connectivity index (χ4v) is 2.89. The Hall–Kier alpha value is -2.62. The Morgan fingerprint density at radius 2 is 2.00 bits per heavy atom. The Morgan fingerprint density at radius 1 is 1.17 bits per heavy atom. The molecule has 0 atom stereocenters. The minimum atomic E-state index is 0.0806. The molecule has 1 fully saturated rings. The van der Waals surface area contributed by atoms with Gasteiger partial charge in [-0.3, -0.25) is 9.89 Å². The average Bonchev–Trinajstić information content (AvgIpc) is 3.33. The molecule has 116 valence electrons. The van der Waals surface area contributed by atoms with Crippen molar-refractivity contribution < 1.29 is 4.79 Å². The van der Waals surface area contributed by atoms with E-state index in [1.165, 1.54) is 16.7 Å². The molecule has 4 nitrogen and oxygen atoms in total. The quantitative estimate of drug-likeness (QED) is 0.762. The molecule has 2 N–H and O–H groups in total. The van der Waals surface area contributed by atoms with Crippen molar-refractivity contribution in [2.24, 2.45) is 5.92 Å².